The molecular weight excluding hydrogens is 312 g/mol. The number of hydrogen-bond donors (Lipinski definition) is 1. The van der Waals surface area contributed by atoms with Crippen molar-refractivity contribution >= 4 is 10.9 Å². The van der Waals surface area contributed by atoms with Gasteiger partial charge in [0.1, 0.15) is 11.5 Å². The third-order valence-corrected chi connectivity index (χ3v) is 4.36. The molecule has 2 aromatic heterocycles. The lowest BCUT2D eigenvalue weighted by atomic mass is 9.99. The van der Waals surface area contributed by atoms with Gasteiger partial charge in [0.05, 0.1) is 19.9 Å². The van der Waals surface area contributed by atoms with Gasteiger partial charge in [-0.1, -0.05) is 12.1 Å². The first-order valence-electron chi connectivity index (χ1n) is 8.04. The molecule has 0 radical (unpaired) electrons. The Morgan fingerprint density at radius 2 is 1.36 bits per heavy atom. The van der Waals surface area contributed by atoms with E-state index in [4.69, 9.17) is 9.47 Å². The molecule has 0 spiro atoms. The first-order chi connectivity index (χ1) is 12.3. The lowest BCUT2D eigenvalue weighted by Gasteiger charge is -2.08. The van der Waals surface area contributed by atoms with Gasteiger partial charge in [-0.15, -0.1) is 0 Å². The largest absolute Gasteiger partial charge is 0.497 e. The third kappa shape index (κ3) is 2.72. The number of aromatic amines is 1. The number of ether oxygens (including phenoxy) is 2. The second-order valence-electron chi connectivity index (χ2n) is 5.75. The van der Waals surface area contributed by atoms with Crippen molar-refractivity contribution in [1.29, 1.82) is 0 Å². The molecular formula is C21H18N2O2. The van der Waals surface area contributed by atoms with Gasteiger partial charge in [0.15, 0.2) is 0 Å². The Kier molecular flexibility index (Phi) is 3.86. The van der Waals surface area contributed by atoms with E-state index >= 15 is 0 Å². The second-order valence-corrected chi connectivity index (χ2v) is 5.75. The fraction of sp³-hybridized carbons (Fsp3) is 0.0952. The van der Waals surface area contributed by atoms with E-state index < -0.39 is 0 Å². The van der Waals surface area contributed by atoms with E-state index in [9.17, 15) is 0 Å². The zero-order valence-electron chi connectivity index (χ0n) is 14.1. The summed E-state index contributed by atoms with van der Waals surface area (Å²) in [6.07, 6.45) is 3.70. The number of pyridine rings is 1. The van der Waals surface area contributed by atoms with Crippen LogP contribution in [0.1, 0.15) is 0 Å². The van der Waals surface area contributed by atoms with Gasteiger partial charge in [0.25, 0.3) is 0 Å². The van der Waals surface area contributed by atoms with Crippen LogP contribution in [0.5, 0.6) is 11.5 Å². The minimum atomic E-state index is 0.840. The quantitative estimate of drug-likeness (QED) is 0.578. The zero-order valence-corrected chi connectivity index (χ0v) is 14.1. The molecule has 124 valence electrons. The average molecular weight is 330 g/mol. The van der Waals surface area contributed by atoms with Gasteiger partial charge in [0, 0.05) is 28.9 Å². The summed E-state index contributed by atoms with van der Waals surface area (Å²) in [5, 5.41) is 1.10. The van der Waals surface area contributed by atoms with Crippen molar-refractivity contribution in [2.24, 2.45) is 0 Å². The van der Waals surface area contributed by atoms with Crippen LogP contribution in [-0.4, -0.2) is 24.2 Å². The van der Waals surface area contributed by atoms with Crippen LogP contribution in [0.3, 0.4) is 0 Å². The van der Waals surface area contributed by atoms with Crippen molar-refractivity contribution in [3.63, 3.8) is 0 Å². The molecule has 0 aliphatic heterocycles. The van der Waals surface area contributed by atoms with E-state index in [0.717, 1.165) is 44.8 Å². The molecule has 2 aromatic carbocycles. The highest BCUT2D eigenvalue weighted by molar-refractivity contribution is 6.03. The summed E-state index contributed by atoms with van der Waals surface area (Å²) in [4.78, 5) is 7.84. The number of hydrogen-bond acceptors (Lipinski definition) is 3. The molecule has 2 heterocycles. The van der Waals surface area contributed by atoms with E-state index in [1.165, 1.54) is 0 Å². The van der Waals surface area contributed by atoms with Crippen LogP contribution in [0.2, 0.25) is 0 Å². The van der Waals surface area contributed by atoms with Gasteiger partial charge in [0.2, 0.25) is 0 Å². The highest BCUT2D eigenvalue weighted by Gasteiger charge is 2.15. The van der Waals surface area contributed by atoms with Crippen molar-refractivity contribution in [2.45, 2.75) is 0 Å². The first-order valence-corrected chi connectivity index (χ1v) is 8.04. The average Bonchev–Trinajstić information content (AvgIpc) is 3.07. The number of nitrogens with one attached hydrogen (secondary N) is 1. The monoisotopic (exact) mass is 330 g/mol. The minimum Gasteiger partial charge on any atom is -0.497 e. The first kappa shape index (κ1) is 15.3. The van der Waals surface area contributed by atoms with Crippen LogP contribution in [0.4, 0.5) is 0 Å². The maximum atomic E-state index is 5.28. The summed E-state index contributed by atoms with van der Waals surface area (Å²) in [5.74, 6) is 1.68. The van der Waals surface area contributed by atoms with Crippen LogP contribution >= 0.6 is 0 Å². The predicted octanol–water partition coefficient (Wildman–Crippen LogP) is 4.91. The van der Waals surface area contributed by atoms with E-state index in [2.05, 4.69) is 34.2 Å². The van der Waals surface area contributed by atoms with Gasteiger partial charge < -0.3 is 14.5 Å². The maximum absolute atomic E-state index is 5.28. The van der Waals surface area contributed by atoms with Gasteiger partial charge in [-0.2, -0.15) is 0 Å². The molecule has 4 aromatic rings. The summed E-state index contributed by atoms with van der Waals surface area (Å²) in [6, 6.07) is 18.1. The van der Waals surface area contributed by atoms with Gasteiger partial charge >= 0.3 is 0 Å². The van der Waals surface area contributed by atoms with E-state index in [-0.39, 0.29) is 0 Å². The Morgan fingerprint density at radius 3 is 1.96 bits per heavy atom. The molecule has 0 bridgehead atoms. The molecule has 1 N–H and O–H groups in total. The van der Waals surface area contributed by atoms with E-state index in [1.54, 1.807) is 20.4 Å². The summed E-state index contributed by atoms with van der Waals surface area (Å²) in [7, 11) is 3.35. The molecule has 0 fully saturated rings. The molecule has 0 aliphatic carbocycles. The summed E-state index contributed by atoms with van der Waals surface area (Å²) >= 11 is 0. The molecule has 0 unspecified atom stereocenters. The maximum Gasteiger partial charge on any atom is 0.118 e. The van der Waals surface area contributed by atoms with Crippen molar-refractivity contribution in [1.82, 2.24) is 9.97 Å². The molecule has 0 aliphatic rings. The Balaban J connectivity index is 1.93. The smallest absolute Gasteiger partial charge is 0.118 e. The van der Waals surface area contributed by atoms with Gasteiger partial charge in [-0.25, -0.2) is 0 Å². The third-order valence-electron chi connectivity index (χ3n) is 4.36. The Bertz CT molecular complexity index is 1000. The number of rotatable bonds is 4. The van der Waals surface area contributed by atoms with Crippen LogP contribution in [-0.2, 0) is 0 Å². The van der Waals surface area contributed by atoms with Crippen molar-refractivity contribution in [3.05, 3.63) is 67.0 Å². The summed E-state index contributed by atoms with van der Waals surface area (Å²) in [5.41, 5.74) is 5.48. The standard InChI is InChI=1S/C21H18N2O2/c1-24-16-7-3-14(4-8-16)20-18-13-22-12-11-19(18)23-21(20)15-5-9-17(25-2)10-6-15/h3-13,23H,1-2H3. The Labute approximate surface area is 146 Å². The van der Waals surface area contributed by atoms with Crippen molar-refractivity contribution < 1.29 is 9.47 Å². The molecule has 4 nitrogen and oxygen atoms in total. The lowest BCUT2D eigenvalue weighted by Crippen LogP contribution is -1.86. The lowest BCUT2D eigenvalue weighted by molar-refractivity contribution is 0.414. The van der Waals surface area contributed by atoms with Crippen molar-refractivity contribution in [2.75, 3.05) is 14.2 Å². The van der Waals surface area contributed by atoms with Crippen LogP contribution in [0.25, 0.3) is 33.3 Å². The van der Waals surface area contributed by atoms with E-state index in [0.29, 0.717) is 0 Å². The number of benzene rings is 2. The fourth-order valence-corrected chi connectivity index (χ4v) is 3.07. The number of methoxy groups -OCH3 is 2. The highest BCUT2D eigenvalue weighted by Crippen LogP contribution is 2.38. The number of H-pyrrole nitrogens is 1. The minimum absolute atomic E-state index is 0.840. The zero-order chi connectivity index (χ0) is 17.2. The summed E-state index contributed by atoms with van der Waals surface area (Å²) < 4.78 is 10.6. The Morgan fingerprint density at radius 1 is 0.760 bits per heavy atom. The predicted molar refractivity (Wildman–Crippen MR) is 100 cm³/mol. The SMILES string of the molecule is COc1ccc(-c2[nH]c3ccncc3c2-c2ccc(OC)cc2)cc1. The second kappa shape index (κ2) is 6.32. The summed E-state index contributed by atoms with van der Waals surface area (Å²) in [6.45, 7) is 0. The van der Waals surface area contributed by atoms with Crippen molar-refractivity contribution in [3.8, 4) is 33.9 Å². The molecule has 25 heavy (non-hydrogen) atoms. The normalized spacial score (nSPS) is 10.8. The van der Waals surface area contributed by atoms with Gasteiger partial charge in [-0.3, -0.25) is 4.98 Å². The number of nitrogens with zero attached hydrogens (tertiary/aromatic N) is 1. The molecule has 0 saturated carbocycles. The fourth-order valence-electron chi connectivity index (χ4n) is 3.07. The molecule has 4 heteroatoms. The Hall–Kier alpha value is -3.27. The molecule has 0 atom stereocenters. The van der Waals surface area contributed by atoms with Crippen LogP contribution in [0, 0.1) is 0 Å². The number of fused-ring (bicyclic) bond motifs is 1. The van der Waals surface area contributed by atoms with E-state index in [1.807, 2.05) is 36.5 Å². The van der Waals surface area contributed by atoms with Crippen LogP contribution < -0.4 is 9.47 Å². The van der Waals surface area contributed by atoms with Crippen LogP contribution in [0.15, 0.2) is 67.0 Å². The molecule has 0 amide bonds. The highest BCUT2D eigenvalue weighted by atomic mass is 16.5. The topological polar surface area (TPSA) is 47.1 Å². The molecule has 4 rings (SSSR count). The number of aromatic nitrogens is 2. The molecule has 0 saturated heterocycles. The van der Waals surface area contributed by atoms with Gasteiger partial charge in [-0.05, 0) is 53.6 Å².